The molecule has 0 amide bonds. The van der Waals surface area contributed by atoms with Crippen molar-refractivity contribution < 1.29 is 4.74 Å². The maximum atomic E-state index is 6.13. The van der Waals surface area contributed by atoms with Gasteiger partial charge in [-0.15, -0.1) is 0 Å². The lowest BCUT2D eigenvalue weighted by Crippen LogP contribution is -2.25. The molecule has 1 aliphatic carbocycles. The first-order valence-corrected chi connectivity index (χ1v) is 7.19. The average molecular weight is 247 g/mol. The largest absolute Gasteiger partial charge is 0.373 e. The zero-order valence-electron chi connectivity index (χ0n) is 11.4. The Hall–Kier alpha value is -0.860. The number of benzene rings is 1. The molecule has 2 rings (SSSR count). The molecule has 0 spiro atoms. The lowest BCUT2D eigenvalue weighted by molar-refractivity contribution is -0.0157. The summed E-state index contributed by atoms with van der Waals surface area (Å²) in [6, 6.07) is 8.50. The fourth-order valence-corrected chi connectivity index (χ4v) is 2.82. The third-order valence-corrected chi connectivity index (χ3v) is 4.02. The van der Waals surface area contributed by atoms with Crippen molar-refractivity contribution in [1.82, 2.24) is 0 Å². The Kier molecular flexibility index (Phi) is 5.21. The molecule has 0 aromatic heterocycles. The second-order valence-electron chi connectivity index (χ2n) is 5.42. The number of hydrogen-bond donors (Lipinski definition) is 1. The second-order valence-corrected chi connectivity index (χ2v) is 5.42. The molecular weight excluding hydrogens is 222 g/mol. The van der Waals surface area contributed by atoms with Gasteiger partial charge in [0.25, 0.3) is 0 Å². The highest BCUT2D eigenvalue weighted by Gasteiger charge is 2.21. The Labute approximate surface area is 111 Å². The van der Waals surface area contributed by atoms with Crippen molar-refractivity contribution in [2.24, 2.45) is 11.7 Å². The highest BCUT2D eigenvalue weighted by molar-refractivity contribution is 5.26. The van der Waals surface area contributed by atoms with Crippen molar-refractivity contribution in [3.05, 3.63) is 35.4 Å². The molecule has 1 fully saturated rings. The lowest BCUT2D eigenvalue weighted by atomic mass is 9.88. The van der Waals surface area contributed by atoms with E-state index in [1.165, 1.54) is 36.8 Å². The van der Waals surface area contributed by atoms with E-state index in [9.17, 15) is 0 Å². The van der Waals surface area contributed by atoms with E-state index >= 15 is 0 Å². The minimum atomic E-state index is 0.449. The molecular formula is C16H25NO. The molecule has 2 unspecified atom stereocenters. The first-order chi connectivity index (χ1) is 8.81. The van der Waals surface area contributed by atoms with E-state index in [2.05, 4.69) is 31.2 Å². The molecule has 0 heterocycles. The topological polar surface area (TPSA) is 35.2 Å². The number of ether oxygens (including phenoxy) is 1. The van der Waals surface area contributed by atoms with Gasteiger partial charge in [0.15, 0.2) is 0 Å². The number of hydrogen-bond acceptors (Lipinski definition) is 2. The minimum Gasteiger partial charge on any atom is -0.373 e. The van der Waals surface area contributed by atoms with Crippen molar-refractivity contribution in [3.63, 3.8) is 0 Å². The smallest absolute Gasteiger partial charge is 0.0723 e. The summed E-state index contributed by atoms with van der Waals surface area (Å²) in [5.74, 6) is 0.709. The van der Waals surface area contributed by atoms with Crippen molar-refractivity contribution in [1.29, 1.82) is 0 Å². The Morgan fingerprint density at radius 1 is 1.17 bits per heavy atom. The maximum absolute atomic E-state index is 6.13. The van der Waals surface area contributed by atoms with Gasteiger partial charge < -0.3 is 10.5 Å². The SMILES string of the molecule is CC1CCCCC1OCc1ccccc1CCN. The predicted molar refractivity (Wildman–Crippen MR) is 75.4 cm³/mol. The van der Waals surface area contributed by atoms with Gasteiger partial charge in [-0.2, -0.15) is 0 Å². The van der Waals surface area contributed by atoms with E-state index in [4.69, 9.17) is 10.5 Å². The normalized spacial score (nSPS) is 24.1. The van der Waals surface area contributed by atoms with E-state index in [0.29, 0.717) is 18.6 Å². The standard InChI is InChI=1S/C16H25NO/c1-13-6-2-5-9-16(13)18-12-15-8-4-3-7-14(15)10-11-17/h3-4,7-8,13,16H,2,5-6,9-12,17H2,1H3. The summed E-state index contributed by atoms with van der Waals surface area (Å²) in [5.41, 5.74) is 8.29. The van der Waals surface area contributed by atoms with E-state index in [1.54, 1.807) is 0 Å². The van der Waals surface area contributed by atoms with Crippen LogP contribution in [0.3, 0.4) is 0 Å². The Bertz CT molecular complexity index is 364. The summed E-state index contributed by atoms with van der Waals surface area (Å²) in [6.45, 7) is 3.76. The van der Waals surface area contributed by atoms with Gasteiger partial charge in [-0.25, -0.2) is 0 Å². The summed E-state index contributed by atoms with van der Waals surface area (Å²) in [7, 11) is 0. The molecule has 2 atom stereocenters. The van der Waals surface area contributed by atoms with Crippen LogP contribution in [-0.4, -0.2) is 12.6 Å². The van der Waals surface area contributed by atoms with E-state index < -0.39 is 0 Å². The van der Waals surface area contributed by atoms with Gasteiger partial charge in [0.2, 0.25) is 0 Å². The first-order valence-electron chi connectivity index (χ1n) is 7.19. The molecule has 18 heavy (non-hydrogen) atoms. The van der Waals surface area contributed by atoms with E-state index in [1.807, 2.05) is 0 Å². The van der Waals surface area contributed by atoms with Crippen LogP contribution in [0.25, 0.3) is 0 Å². The molecule has 0 saturated heterocycles. The molecule has 2 heteroatoms. The van der Waals surface area contributed by atoms with Crippen molar-refractivity contribution in [3.8, 4) is 0 Å². The van der Waals surface area contributed by atoms with Crippen molar-refractivity contribution in [2.75, 3.05) is 6.54 Å². The van der Waals surface area contributed by atoms with Gasteiger partial charge in [0.05, 0.1) is 12.7 Å². The molecule has 2 N–H and O–H groups in total. The summed E-state index contributed by atoms with van der Waals surface area (Å²) in [6.07, 6.45) is 6.61. The van der Waals surface area contributed by atoms with Gasteiger partial charge in [-0.3, -0.25) is 0 Å². The van der Waals surface area contributed by atoms with Crippen LogP contribution in [0.4, 0.5) is 0 Å². The van der Waals surface area contributed by atoms with Crippen LogP contribution < -0.4 is 5.73 Å². The van der Waals surface area contributed by atoms with Crippen LogP contribution in [0.5, 0.6) is 0 Å². The molecule has 0 aliphatic heterocycles. The van der Waals surface area contributed by atoms with Gasteiger partial charge >= 0.3 is 0 Å². The summed E-state index contributed by atoms with van der Waals surface area (Å²) >= 11 is 0. The van der Waals surface area contributed by atoms with E-state index in [0.717, 1.165) is 13.0 Å². The minimum absolute atomic E-state index is 0.449. The number of rotatable bonds is 5. The van der Waals surface area contributed by atoms with Gasteiger partial charge in [-0.05, 0) is 42.9 Å². The molecule has 100 valence electrons. The van der Waals surface area contributed by atoms with Crippen LogP contribution in [0, 0.1) is 5.92 Å². The molecule has 0 radical (unpaired) electrons. The zero-order chi connectivity index (χ0) is 12.8. The quantitative estimate of drug-likeness (QED) is 0.866. The van der Waals surface area contributed by atoms with Crippen molar-refractivity contribution >= 4 is 0 Å². The fraction of sp³-hybridized carbons (Fsp3) is 0.625. The van der Waals surface area contributed by atoms with Crippen LogP contribution >= 0.6 is 0 Å². The third kappa shape index (κ3) is 3.56. The maximum Gasteiger partial charge on any atom is 0.0723 e. The summed E-state index contributed by atoms with van der Waals surface area (Å²) in [5, 5.41) is 0. The third-order valence-electron chi connectivity index (χ3n) is 4.02. The summed E-state index contributed by atoms with van der Waals surface area (Å²) < 4.78 is 6.13. The van der Waals surface area contributed by atoms with Gasteiger partial charge in [0, 0.05) is 0 Å². The monoisotopic (exact) mass is 247 g/mol. The first kappa shape index (κ1) is 13.6. The molecule has 1 aromatic carbocycles. The molecule has 0 bridgehead atoms. The average Bonchev–Trinajstić information content (AvgIpc) is 2.40. The lowest BCUT2D eigenvalue weighted by Gasteiger charge is -2.29. The molecule has 1 aromatic rings. The van der Waals surface area contributed by atoms with Crippen LogP contribution in [0.15, 0.2) is 24.3 Å². The number of nitrogens with two attached hydrogens (primary N) is 1. The van der Waals surface area contributed by atoms with Crippen molar-refractivity contribution in [2.45, 2.75) is 51.7 Å². The highest BCUT2D eigenvalue weighted by atomic mass is 16.5. The Morgan fingerprint density at radius 2 is 1.89 bits per heavy atom. The van der Waals surface area contributed by atoms with E-state index in [-0.39, 0.29) is 0 Å². The molecule has 2 nitrogen and oxygen atoms in total. The zero-order valence-corrected chi connectivity index (χ0v) is 11.4. The van der Waals surface area contributed by atoms with Crippen LogP contribution in [0.1, 0.15) is 43.7 Å². The Balaban J connectivity index is 1.92. The van der Waals surface area contributed by atoms with Crippen LogP contribution in [0.2, 0.25) is 0 Å². The molecule has 1 aliphatic rings. The van der Waals surface area contributed by atoms with Gasteiger partial charge in [0.1, 0.15) is 0 Å². The summed E-state index contributed by atoms with van der Waals surface area (Å²) in [4.78, 5) is 0. The van der Waals surface area contributed by atoms with Gasteiger partial charge in [-0.1, -0.05) is 44.0 Å². The fourth-order valence-electron chi connectivity index (χ4n) is 2.82. The van der Waals surface area contributed by atoms with Crippen LogP contribution in [-0.2, 0) is 17.8 Å². The Morgan fingerprint density at radius 3 is 2.61 bits per heavy atom. The predicted octanol–water partition coefficient (Wildman–Crippen LogP) is 3.28. The highest BCUT2D eigenvalue weighted by Crippen LogP contribution is 2.27. The second kappa shape index (κ2) is 6.91. The molecule has 1 saturated carbocycles.